The Hall–Kier alpha value is -2.58. The summed E-state index contributed by atoms with van der Waals surface area (Å²) in [6.45, 7) is 4.65. The molecule has 0 bridgehead atoms. The number of ether oxygens (including phenoxy) is 2. The number of hydrogen-bond donors (Lipinski definition) is 2. The van der Waals surface area contributed by atoms with Gasteiger partial charge in [-0.1, -0.05) is 12.1 Å². The van der Waals surface area contributed by atoms with Crippen molar-refractivity contribution in [2.75, 3.05) is 25.1 Å². The van der Waals surface area contributed by atoms with Gasteiger partial charge in [-0.2, -0.15) is 0 Å². The molecule has 0 atom stereocenters. The molecule has 2 aromatic rings. The van der Waals surface area contributed by atoms with Gasteiger partial charge >= 0.3 is 0 Å². The molecule has 0 radical (unpaired) electrons. The van der Waals surface area contributed by atoms with Crippen molar-refractivity contribution in [2.24, 2.45) is 0 Å². The molecule has 0 unspecified atom stereocenters. The average Bonchev–Trinajstić information content (AvgIpc) is 2.64. The number of nitrogens with one attached hydrogen (secondary N) is 2. The largest absolute Gasteiger partial charge is 0.486 e. The number of aryl methyl sites for hydroxylation is 2. The van der Waals surface area contributed by atoms with Crippen LogP contribution < -0.4 is 19.5 Å². The zero-order valence-corrected chi connectivity index (χ0v) is 16.1. The minimum absolute atomic E-state index is 0.00648. The highest BCUT2D eigenvalue weighted by molar-refractivity contribution is 7.89. The quantitative estimate of drug-likeness (QED) is 0.790. The van der Waals surface area contributed by atoms with Crippen LogP contribution in [0.1, 0.15) is 17.5 Å². The Kier molecular flexibility index (Phi) is 5.67. The van der Waals surface area contributed by atoms with Crippen LogP contribution in [-0.2, 0) is 14.8 Å². The summed E-state index contributed by atoms with van der Waals surface area (Å²) < 4.78 is 38.1. The van der Waals surface area contributed by atoms with Gasteiger partial charge in [0.1, 0.15) is 13.2 Å². The van der Waals surface area contributed by atoms with Crippen molar-refractivity contribution in [3.8, 4) is 11.5 Å². The molecule has 1 aliphatic heterocycles. The van der Waals surface area contributed by atoms with Crippen LogP contribution in [0.5, 0.6) is 11.5 Å². The van der Waals surface area contributed by atoms with Crippen LogP contribution in [0.3, 0.4) is 0 Å². The topological polar surface area (TPSA) is 93.7 Å². The van der Waals surface area contributed by atoms with Crippen LogP contribution in [0.4, 0.5) is 5.69 Å². The van der Waals surface area contributed by atoms with Crippen molar-refractivity contribution in [3.05, 3.63) is 47.5 Å². The fourth-order valence-corrected chi connectivity index (χ4v) is 3.70. The Morgan fingerprint density at radius 1 is 1.04 bits per heavy atom. The summed E-state index contributed by atoms with van der Waals surface area (Å²) >= 11 is 0. The third-order valence-electron chi connectivity index (χ3n) is 4.14. The van der Waals surface area contributed by atoms with Gasteiger partial charge in [0, 0.05) is 24.7 Å². The molecule has 2 aromatic carbocycles. The summed E-state index contributed by atoms with van der Waals surface area (Å²) in [6.07, 6.45) is 0.0250. The first-order chi connectivity index (χ1) is 12.8. The molecule has 1 amide bonds. The predicted molar refractivity (Wildman–Crippen MR) is 102 cm³/mol. The molecule has 27 heavy (non-hydrogen) atoms. The molecule has 2 N–H and O–H groups in total. The molecular weight excluding hydrogens is 368 g/mol. The summed E-state index contributed by atoms with van der Waals surface area (Å²) in [5.41, 5.74) is 2.72. The van der Waals surface area contributed by atoms with Gasteiger partial charge in [0.25, 0.3) is 0 Å². The Morgan fingerprint density at radius 3 is 2.56 bits per heavy atom. The van der Waals surface area contributed by atoms with E-state index >= 15 is 0 Å². The highest BCUT2D eigenvalue weighted by atomic mass is 32.2. The second kappa shape index (κ2) is 7.98. The van der Waals surface area contributed by atoms with Crippen molar-refractivity contribution >= 4 is 21.6 Å². The molecular formula is C19H22N2O5S. The van der Waals surface area contributed by atoms with Gasteiger partial charge in [0.2, 0.25) is 15.9 Å². The zero-order valence-electron chi connectivity index (χ0n) is 15.2. The molecule has 8 heteroatoms. The van der Waals surface area contributed by atoms with E-state index in [1.165, 1.54) is 12.1 Å². The third-order valence-corrected chi connectivity index (χ3v) is 5.59. The molecule has 0 spiro atoms. The maximum Gasteiger partial charge on any atom is 0.240 e. The summed E-state index contributed by atoms with van der Waals surface area (Å²) in [7, 11) is -3.74. The summed E-state index contributed by atoms with van der Waals surface area (Å²) in [5.74, 6) is 0.665. The molecule has 0 fully saturated rings. The number of fused-ring (bicyclic) bond motifs is 1. The molecule has 1 heterocycles. The second-order valence-corrected chi connectivity index (χ2v) is 8.09. The molecule has 1 aliphatic rings. The first-order valence-corrected chi connectivity index (χ1v) is 10.1. The number of carbonyl (C=O) groups excluding carboxylic acids is 1. The van der Waals surface area contributed by atoms with Crippen molar-refractivity contribution in [2.45, 2.75) is 25.2 Å². The number of carbonyl (C=O) groups is 1. The van der Waals surface area contributed by atoms with Crippen LogP contribution in [-0.4, -0.2) is 34.1 Å². The van der Waals surface area contributed by atoms with Gasteiger partial charge in [0.05, 0.1) is 4.90 Å². The summed E-state index contributed by atoms with van der Waals surface area (Å²) in [5, 5.41) is 2.81. The van der Waals surface area contributed by atoms with Crippen LogP contribution in [0, 0.1) is 13.8 Å². The molecule has 144 valence electrons. The minimum Gasteiger partial charge on any atom is -0.486 e. The van der Waals surface area contributed by atoms with Crippen molar-refractivity contribution in [3.63, 3.8) is 0 Å². The first-order valence-electron chi connectivity index (χ1n) is 8.61. The SMILES string of the molecule is Cc1ccc(C)c(NC(=O)CCNS(=O)(=O)c2ccc3c(c2)OCCO3)c1. The van der Waals surface area contributed by atoms with E-state index in [0.717, 1.165) is 16.8 Å². The minimum atomic E-state index is -3.74. The lowest BCUT2D eigenvalue weighted by Crippen LogP contribution is -2.28. The van der Waals surface area contributed by atoms with E-state index in [1.807, 2.05) is 32.0 Å². The van der Waals surface area contributed by atoms with Gasteiger partial charge < -0.3 is 14.8 Å². The van der Waals surface area contributed by atoms with Crippen molar-refractivity contribution in [1.29, 1.82) is 0 Å². The highest BCUT2D eigenvalue weighted by Crippen LogP contribution is 2.32. The van der Waals surface area contributed by atoms with Gasteiger partial charge in [-0.25, -0.2) is 13.1 Å². The highest BCUT2D eigenvalue weighted by Gasteiger charge is 2.19. The lowest BCUT2D eigenvalue weighted by Gasteiger charge is -2.18. The van der Waals surface area contributed by atoms with Crippen LogP contribution in [0.2, 0.25) is 0 Å². The third kappa shape index (κ3) is 4.78. The fraction of sp³-hybridized carbons (Fsp3) is 0.316. The summed E-state index contributed by atoms with van der Waals surface area (Å²) in [6, 6.07) is 10.2. The smallest absolute Gasteiger partial charge is 0.240 e. The second-order valence-electron chi connectivity index (χ2n) is 6.32. The van der Waals surface area contributed by atoms with Crippen molar-refractivity contribution in [1.82, 2.24) is 4.72 Å². The van der Waals surface area contributed by atoms with E-state index in [2.05, 4.69) is 10.0 Å². The van der Waals surface area contributed by atoms with Gasteiger partial charge in [-0.15, -0.1) is 0 Å². The van der Waals surface area contributed by atoms with E-state index in [0.29, 0.717) is 24.7 Å². The average molecular weight is 390 g/mol. The number of anilines is 1. The number of sulfonamides is 1. The van der Waals surface area contributed by atoms with E-state index in [-0.39, 0.29) is 23.8 Å². The van der Waals surface area contributed by atoms with Gasteiger partial charge in [0.15, 0.2) is 11.5 Å². The number of hydrogen-bond acceptors (Lipinski definition) is 5. The van der Waals surface area contributed by atoms with E-state index < -0.39 is 10.0 Å². The predicted octanol–water partition coefficient (Wildman–Crippen LogP) is 2.38. The van der Waals surface area contributed by atoms with E-state index in [9.17, 15) is 13.2 Å². The Balaban J connectivity index is 1.57. The molecule has 0 aromatic heterocycles. The van der Waals surface area contributed by atoms with E-state index in [4.69, 9.17) is 9.47 Å². The van der Waals surface area contributed by atoms with E-state index in [1.54, 1.807) is 6.07 Å². The standard InChI is InChI=1S/C19H22N2O5S/c1-13-3-4-14(2)16(11-13)21-19(22)7-8-20-27(23,24)15-5-6-17-18(12-15)26-10-9-25-17/h3-6,11-12,20H,7-10H2,1-2H3,(H,21,22). The molecule has 0 aliphatic carbocycles. The monoisotopic (exact) mass is 390 g/mol. The molecule has 7 nitrogen and oxygen atoms in total. The van der Waals surface area contributed by atoms with Gasteiger partial charge in [-0.05, 0) is 43.2 Å². The maximum absolute atomic E-state index is 12.4. The molecule has 0 saturated heterocycles. The Morgan fingerprint density at radius 2 is 1.78 bits per heavy atom. The lowest BCUT2D eigenvalue weighted by atomic mass is 10.1. The first kappa shape index (κ1) is 19.2. The number of benzene rings is 2. The molecule has 3 rings (SSSR count). The summed E-state index contributed by atoms with van der Waals surface area (Å²) in [4.78, 5) is 12.2. The Labute approximate surface area is 158 Å². The fourth-order valence-electron chi connectivity index (χ4n) is 2.66. The van der Waals surface area contributed by atoms with Crippen LogP contribution in [0.25, 0.3) is 0 Å². The van der Waals surface area contributed by atoms with Gasteiger partial charge in [-0.3, -0.25) is 4.79 Å². The Bertz CT molecular complexity index is 957. The van der Waals surface area contributed by atoms with Crippen LogP contribution in [0.15, 0.2) is 41.3 Å². The van der Waals surface area contributed by atoms with Crippen LogP contribution >= 0.6 is 0 Å². The normalized spacial score (nSPS) is 13.3. The van der Waals surface area contributed by atoms with Crippen molar-refractivity contribution < 1.29 is 22.7 Å². The number of amides is 1. The maximum atomic E-state index is 12.4. The number of rotatable bonds is 6. The zero-order chi connectivity index (χ0) is 19.4. The lowest BCUT2D eigenvalue weighted by molar-refractivity contribution is -0.116. The molecule has 0 saturated carbocycles.